The van der Waals surface area contributed by atoms with Crippen LogP contribution in [0, 0.1) is 5.92 Å². The molecule has 3 amide bonds. The van der Waals surface area contributed by atoms with Gasteiger partial charge in [-0.1, -0.05) is 30.3 Å². The number of carbonyl (C=O) groups is 2. The van der Waals surface area contributed by atoms with Gasteiger partial charge in [-0.2, -0.15) is 5.06 Å². The molecule has 4 rings (SSSR count). The number of amides is 3. The Hall–Kier alpha value is -2.08. The van der Waals surface area contributed by atoms with Crippen molar-refractivity contribution in [2.24, 2.45) is 5.92 Å². The summed E-state index contributed by atoms with van der Waals surface area (Å²) in [6.45, 7) is 1.70. The molecule has 0 aromatic heterocycles. The van der Waals surface area contributed by atoms with Crippen LogP contribution in [-0.2, 0) is 16.2 Å². The SMILES string of the molecule is CN1C[C@@H]2C[C@@H]3CN(C(=O)N3OCc3ccccc3)[C@@H]2C1=O. The molecule has 0 unspecified atom stereocenters. The van der Waals surface area contributed by atoms with Crippen molar-refractivity contribution in [3.8, 4) is 0 Å². The zero-order chi connectivity index (χ0) is 15.3. The summed E-state index contributed by atoms with van der Waals surface area (Å²) in [5.74, 6) is 0.284. The minimum atomic E-state index is -0.293. The molecular weight excluding hydrogens is 282 g/mol. The minimum absolute atomic E-state index is 0.0526. The number of likely N-dealkylation sites (tertiary alicyclic amines) is 1. The Morgan fingerprint density at radius 2 is 1.95 bits per heavy atom. The first-order valence-electron chi connectivity index (χ1n) is 7.67. The summed E-state index contributed by atoms with van der Waals surface area (Å²) in [6.07, 6.45) is 0.831. The molecule has 3 heterocycles. The molecular formula is C16H19N3O3. The number of piperidine rings is 1. The molecule has 3 fully saturated rings. The van der Waals surface area contributed by atoms with Gasteiger partial charge >= 0.3 is 6.03 Å². The molecule has 0 radical (unpaired) electrons. The van der Waals surface area contributed by atoms with Crippen molar-refractivity contribution in [1.82, 2.24) is 14.9 Å². The fraction of sp³-hybridized carbons (Fsp3) is 0.500. The zero-order valence-electron chi connectivity index (χ0n) is 12.5. The van der Waals surface area contributed by atoms with E-state index in [9.17, 15) is 9.59 Å². The van der Waals surface area contributed by atoms with Crippen LogP contribution in [0.1, 0.15) is 12.0 Å². The third-order valence-electron chi connectivity index (χ3n) is 4.88. The van der Waals surface area contributed by atoms with Gasteiger partial charge in [0, 0.05) is 26.1 Å². The number of carbonyl (C=O) groups excluding carboxylic acids is 2. The molecule has 0 N–H and O–H groups in total. The number of hydrogen-bond donors (Lipinski definition) is 0. The maximum Gasteiger partial charge on any atom is 0.345 e. The lowest BCUT2D eigenvalue weighted by Crippen LogP contribution is -2.47. The van der Waals surface area contributed by atoms with Crippen molar-refractivity contribution in [2.45, 2.75) is 25.1 Å². The second kappa shape index (κ2) is 4.98. The predicted octanol–water partition coefficient (Wildman–Crippen LogP) is 1.08. The summed E-state index contributed by atoms with van der Waals surface area (Å²) in [7, 11) is 1.81. The van der Waals surface area contributed by atoms with Gasteiger partial charge in [-0.25, -0.2) is 4.79 Å². The minimum Gasteiger partial charge on any atom is -0.344 e. The summed E-state index contributed by atoms with van der Waals surface area (Å²) in [6, 6.07) is 9.39. The van der Waals surface area contributed by atoms with E-state index in [1.54, 1.807) is 9.80 Å². The Kier molecular flexibility index (Phi) is 3.07. The standard InChI is InChI=1S/C16H19N3O3/c1-17-8-12-7-13-9-18(14(12)15(17)20)16(21)19(13)22-10-11-5-3-2-4-6-11/h2-6,12-14H,7-10H2,1H3/t12-,13+,14-/m0/s1. The van der Waals surface area contributed by atoms with E-state index in [0.29, 0.717) is 13.2 Å². The average molecular weight is 301 g/mol. The second-order valence-corrected chi connectivity index (χ2v) is 6.33. The van der Waals surface area contributed by atoms with Gasteiger partial charge in [0.1, 0.15) is 12.6 Å². The van der Waals surface area contributed by atoms with Crippen molar-refractivity contribution in [3.63, 3.8) is 0 Å². The maximum atomic E-state index is 12.6. The smallest absolute Gasteiger partial charge is 0.344 e. The van der Waals surface area contributed by atoms with E-state index >= 15 is 0 Å². The first-order chi connectivity index (χ1) is 10.6. The van der Waals surface area contributed by atoms with Crippen molar-refractivity contribution in [2.75, 3.05) is 20.1 Å². The van der Waals surface area contributed by atoms with Crippen molar-refractivity contribution >= 4 is 11.9 Å². The van der Waals surface area contributed by atoms with Crippen molar-refractivity contribution in [1.29, 1.82) is 0 Å². The van der Waals surface area contributed by atoms with E-state index in [-0.39, 0.29) is 29.9 Å². The summed E-state index contributed by atoms with van der Waals surface area (Å²) in [5, 5.41) is 1.48. The van der Waals surface area contributed by atoms with E-state index in [4.69, 9.17) is 4.84 Å². The maximum absolute atomic E-state index is 12.6. The van der Waals surface area contributed by atoms with Crippen LogP contribution in [0.25, 0.3) is 0 Å². The normalized spacial score (nSPS) is 30.2. The number of fused-ring (bicyclic) bond motifs is 4. The number of hydrogen-bond acceptors (Lipinski definition) is 3. The topological polar surface area (TPSA) is 53.1 Å². The molecule has 0 aliphatic carbocycles. The molecule has 22 heavy (non-hydrogen) atoms. The third kappa shape index (κ3) is 1.98. The van der Waals surface area contributed by atoms with Gasteiger partial charge in [-0.05, 0) is 12.0 Å². The van der Waals surface area contributed by atoms with Crippen LogP contribution in [0.3, 0.4) is 0 Å². The van der Waals surface area contributed by atoms with Crippen molar-refractivity contribution in [3.05, 3.63) is 35.9 Å². The highest BCUT2D eigenvalue weighted by Crippen LogP contribution is 2.38. The molecule has 2 bridgehead atoms. The summed E-state index contributed by atoms with van der Waals surface area (Å²) in [4.78, 5) is 34.0. The van der Waals surface area contributed by atoms with Gasteiger partial charge in [-0.3, -0.25) is 9.63 Å². The Morgan fingerprint density at radius 1 is 1.18 bits per heavy atom. The largest absolute Gasteiger partial charge is 0.345 e. The molecule has 116 valence electrons. The summed E-state index contributed by atoms with van der Waals surface area (Å²) >= 11 is 0. The van der Waals surface area contributed by atoms with Gasteiger partial charge in [0.15, 0.2) is 0 Å². The molecule has 3 atom stereocenters. The number of nitrogens with zero attached hydrogens (tertiary/aromatic N) is 3. The van der Waals surface area contributed by atoms with Crippen LogP contribution in [0.2, 0.25) is 0 Å². The predicted molar refractivity (Wildman–Crippen MR) is 78.5 cm³/mol. The quantitative estimate of drug-likeness (QED) is 0.839. The highest BCUT2D eigenvalue weighted by molar-refractivity contribution is 5.90. The monoisotopic (exact) mass is 301 g/mol. The third-order valence-corrected chi connectivity index (χ3v) is 4.88. The van der Waals surface area contributed by atoms with Crippen LogP contribution in [0.5, 0.6) is 0 Å². The van der Waals surface area contributed by atoms with Crippen LogP contribution < -0.4 is 0 Å². The summed E-state index contributed by atoms with van der Waals surface area (Å²) in [5.41, 5.74) is 1.03. The molecule has 3 aliphatic rings. The van der Waals surface area contributed by atoms with Gasteiger partial charge in [-0.15, -0.1) is 0 Å². The van der Waals surface area contributed by atoms with E-state index in [1.165, 1.54) is 5.06 Å². The van der Waals surface area contributed by atoms with Gasteiger partial charge in [0.05, 0.1) is 6.04 Å². The number of urea groups is 1. The summed E-state index contributed by atoms with van der Waals surface area (Å²) < 4.78 is 0. The molecule has 0 saturated carbocycles. The molecule has 3 aliphatic heterocycles. The Bertz CT molecular complexity index is 606. The Labute approximate surface area is 129 Å². The van der Waals surface area contributed by atoms with Gasteiger partial charge in [0.25, 0.3) is 0 Å². The van der Waals surface area contributed by atoms with Crippen LogP contribution in [0.4, 0.5) is 4.79 Å². The molecule has 3 saturated heterocycles. The fourth-order valence-electron chi connectivity index (χ4n) is 3.85. The zero-order valence-corrected chi connectivity index (χ0v) is 12.5. The fourth-order valence-corrected chi connectivity index (χ4v) is 3.85. The average Bonchev–Trinajstić information content (AvgIpc) is 2.95. The molecule has 6 nitrogen and oxygen atoms in total. The number of likely N-dealkylation sites (N-methyl/N-ethyl adjacent to an activating group) is 1. The van der Waals surface area contributed by atoms with E-state index in [0.717, 1.165) is 18.5 Å². The van der Waals surface area contributed by atoms with Crippen molar-refractivity contribution < 1.29 is 14.4 Å². The van der Waals surface area contributed by atoms with Crippen LogP contribution in [-0.4, -0.2) is 59.0 Å². The molecule has 1 aromatic rings. The van der Waals surface area contributed by atoms with Gasteiger partial charge in [0.2, 0.25) is 5.91 Å². The number of rotatable bonds is 3. The Morgan fingerprint density at radius 3 is 2.73 bits per heavy atom. The number of benzene rings is 1. The molecule has 6 heteroatoms. The Balaban J connectivity index is 1.49. The van der Waals surface area contributed by atoms with E-state index < -0.39 is 0 Å². The van der Waals surface area contributed by atoms with E-state index in [2.05, 4.69) is 0 Å². The van der Waals surface area contributed by atoms with Gasteiger partial charge < -0.3 is 9.80 Å². The second-order valence-electron chi connectivity index (χ2n) is 6.33. The molecule has 0 spiro atoms. The first kappa shape index (κ1) is 13.6. The highest BCUT2D eigenvalue weighted by Gasteiger charge is 2.55. The highest BCUT2D eigenvalue weighted by atomic mass is 16.7. The van der Waals surface area contributed by atoms with E-state index in [1.807, 2.05) is 37.4 Å². The molecule has 1 aromatic carbocycles. The lowest BCUT2D eigenvalue weighted by atomic mass is 9.91. The lowest BCUT2D eigenvalue weighted by molar-refractivity contribution is -0.142. The van der Waals surface area contributed by atoms with Crippen LogP contribution in [0.15, 0.2) is 30.3 Å². The number of hydroxylamine groups is 2. The van der Waals surface area contributed by atoms with Crippen LogP contribution >= 0.6 is 0 Å². The lowest BCUT2D eigenvalue weighted by Gasteiger charge is -2.30. The first-order valence-corrected chi connectivity index (χ1v) is 7.67.